The zero-order valence-corrected chi connectivity index (χ0v) is 13.7. The average molecular weight is 334 g/mol. The number of nitrogens with one attached hydrogen (secondary N) is 2. The van der Waals surface area contributed by atoms with Crippen molar-refractivity contribution in [2.24, 2.45) is 0 Å². The summed E-state index contributed by atoms with van der Waals surface area (Å²) < 4.78 is 10.7. The van der Waals surface area contributed by atoms with Crippen molar-refractivity contribution < 1.29 is 19.1 Å². The number of ether oxygens (including phenoxy) is 2. The van der Waals surface area contributed by atoms with Gasteiger partial charge < -0.3 is 14.8 Å². The molecule has 2 aliphatic heterocycles. The van der Waals surface area contributed by atoms with Gasteiger partial charge in [-0.3, -0.25) is 19.9 Å². The molecule has 0 saturated carbocycles. The van der Waals surface area contributed by atoms with Crippen LogP contribution in [0.4, 0.5) is 4.79 Å². The van der Waals surface area contributed by atoms with Gasteiger partial charge in [0.2, 0.25) is 12.7 Å². The van der Waals surface area contributed by atoms with Crippen LogP contribution in [0, 0.1) is 0 Å². The second-order valence-electron chi connectivity index (χ2n) is 5.87. The Labute approximate surface area is 140 Å². The maximum atomic E-state index is 11.7. The highest BCUT2D eigenvalue weighted by molar-refractivity contribution is 5.95. The Morgan fingerprint density at radius 1 is 1.08 bits per heavy atom. The van der Waals surface area contributed by atoms with Crippen LogP contribution in [0.25, 0.3) is 0 Å². The van der Waals surface area contributed by atoms with Gasteiger partial charge in [0.15, 0.2) is 11.5 Å². The van der Waals surface area contributed by atoms with Crippen LogP contribution in [0.1, 0.15) is 5.56 Å². The number of hydrogen-bond acceptors (Lipinski definition) is 6. The summed E-state index contributed by atoms with van der Waals surface area (Å²) in [7, 11) is 1.48. The molecular formula is C16H22N4O4. The molecule has 3 amide bonds. The predicted molar refractivity (Wildman–Crippen MR) is 86.9 cm³/mol. The van der Waals surface area contributed by atoms with Gasteiger partial charge in [0.25, 0.3) is 0 Å². The van der Waals surface area contributed by atoms with Crippen LogP contribution in [0.3, 0.4) is 0 Å². The molecule has 0 atom stereocenters. The van der Waals surface area contributed by atoms with Gasteiger partial charge in [0, 0.05) is 39.8 Å². The number of imide groups is 1. The van der Waals surface area contributed by atoms with Gasteiger partial charge in [-0.2, -0.15) is 0 Å². The molecule has 0 aliphatic carbocycles. The number of nitrogens with zero attached hydrogens (tertiary/aromatic N) is 2. The Kier molecular flexibility index (Phi) is 5.17. The molecule has 0 bridgehead atoms. The van der Waals surface area contributed by atoms with Crippen LogP contribution in [0.15, 0.2) is 18.2 Å². The fraction of sp³-hybridized carbons (Fsp3) is 0.500. The number of fused-ring (bicyclic) bond motifs is 1. The Balaban J connectivity index is 1.44. The Morgan fingerprint density at radius 2 is 1.79 bits per heavy atom. The van der Waals surface area contributed by atoms with Crippen molar-refractivity contribution in [2.45, 2.75) is 6.54 Å². The van der Waals surface area contributed by atoms with Gasteiger partial charge in [0.05, 0.1) is 6.54 Å². The lowest BCUT2D eigenvalue weighted by molar-refractivity contribution is -0.121. The quantitative estimate of drug-likeness (QED) is 0.806. The highest BCUT2D eigenvalue weighted by Gasteiger charge is 2.20. The molecule has 0 radical (unpaired) electrons. The highest BCUT2D eigenvalue weighted by atomic mass is 16.7. The summed E-state index contributed by atoms with van der Waals surface area (Å²) in [5.74, 6) is 1.32. The second kappa shape index (κ2) is 7.50. The third-order valence-corrected chi connectivity index (χ3v) is 4.16. The number of carbonyl (C=O) groups excluding carboxylic acids is 2. The standard InChI is InChI=1S/C16H22N4O4/c1-17-16(22)18-15(21)10-20-6-4-19(5-7-20)9-12-2-3-13-14(8-12)24-11-23-13/h2-3,8H,4-7,9-11H2,1H3,(H2,17,18,21,22). The van der Waals surface area contributed by atoms with Gasteiger partial charge in [-0.15, -0.1) is 0 Å². The van der Waals surface area contributed by atoms with E-state index < -0.39 is 6.03 Å². The summed E-state index contributed by atoms with van der Waals surface area (Å²) in [4.78, 5) is 27.2. The molecule has 3 rings (SSSR count). The number of benzene rings is 1. The summed E-state index contributed by atoms with van der Waals surface area (Å²) in [6, 6.07) is 5.54. The molecule has 0 spiro atoms. The van der Waals surface area contributed by atoms with E-state index in [9.17, 15) is 9.59 Å². The van der Waals surface area contributed by atoms with Crippen molar-refractivity contribution in [1.29, 1.82) is 0 Å². The van der Waals surface area contributed by atoms with Crippen LogP contribution < -0.4 is 20.1 Å². The topological polar surface area (TPSA) is 83.1 Å². The fourth-order valence-corrected chi connectivity index (χ4v) is 2.83. The van der Waals surface area contributed by atoms with E-state index in [0.717, 1.165) is 44.2 Å². The molecule has 1 fully saturated rings. The van der Waals surface area contributed by atoms with Crippen LogP contribution in [-0.4, -0.2) is 68.3 Å². The van der Waals surface area contributed by atoms with Crippen molar-refractivity contribution in [3.63, 3.8) is 0 Å². The first kappa shape index (κ1) is 16.5. The molecule has 24 heavy (non-hydrogen) atoms. The molecule has 2 aliphatic rings. The molecule has 8 nitrogen and oxygen atoms in total. The molecule has 0 aromatic heterocycles. The van der Waals surface area contributed by atoms with Crippen molar-refractivity contribution in [3.8, 4) is 11.5 Å². The SMILES string of the molecule is CNC(=O)NC(=O)CN1CCN(Cc2ccc3c(c2)OCO3)CC1. The molecular weight excluding hydrogens is 312 g/mol. The molecule has 2 heterocycles. The van der Waals surface area contributed by atoms with Gasteiger partial charge in [-0.1, -0.05) is 6.07 Å². The summed E-state index contributed by atoms with van der Waals surface area (Å²) in [6.07, 6.45) is 0. The first-order valence-electron chi connectivity index (χ1n) is 7.99. The van der Waals surface area contributed by atoms with E-state index in [1.165, 1.54) is 12.6 Å². The molecule has 8 heteroatoms. The van der Waals surface area contributed by atoms with E-state index in [1.807, 2.05) is 12.1 Å². The summed E-state index contributed by atoms with van der Waals surface area (Å²) >= 11 is 0. The van der Waals surface area contributed by atoms with Crippen molar-refractivity contribution in [3.05, 3.63) is 23.8 Å². The predicted octanol–water partition coefficient (Wildman–Crippen LogP) is -0.0115. The van der Waals surface area contributed by atoms with Crippen molar-refractivity contribution >= 4 is 11.9 Å². The number of amides is 3. The van der Waals surface area contributed by atoms with E-state index in [1.54, 1.807) is 0 Å². The van der Waals surface area contributed by atoms with Gasteiger partial charge in [-0.25, -0.2) is 4.79 Å². The third kappa shape index (κ3) is 4.15. The van der Waals surface area contributed by atoms with Crippen molar-refractivity contribution in [2.75, 3.05) is 46.6 Å². The lowest BCUT2D eigenvalue weighted by atomic mass is 10.1. The lowest BCUT2D eigenvalue weighted by Crippen LogP contribution is -2.50. The zero-order valence-electron chi connectivity index (χ0n) is 13.7. The Hall–Kier alpha value is -2.32. The number of urea groups is 1. The summed E-state index contributed by atoms with van der Waals surface area (Å²) in [5.41, 5.74) is 1.19. The van der Waals surface area contributed by atoms with Crippen LogP contribution in [0.5, 0.6) is 11.5 Å². The van der Waals surface area contributed by atoms with E-state index in [0.29, 0.717) is 0 Å². The Bertz CT molecular complexity index is 614. The fourth-order valence-electron chi connectivity index (χ4n) is 2.83. The van der Waals surface area contributed by atoms with Crippen LogP contribution in [0.2, 0.25) is 0 Å². The average Bonchev–Trinajstić information content (AvgIpc) is 3.04. The largest absolute Gasteiger partial charge is 0.454 e. The van der Waals surface area contributed by atoms with E-state index in [2.05, 4.69) is 26.5 Å². The third-order valence-electron chi connectivity index (χ3n) is 4.16. The molecule has 130 valence electrons. The van der Waals surface area contributed by atoms with Crippen LogP contribution in [-0.2, 0) is 11.3 Å². The van der Waals surface area contributed by atoms with Gasteiger partial charge >= 0.3 is 6.03 Å². The van der Waals surface area contributed by atoms with Crippen LogP contribution >= 0.6 is 0 Å². The maximum absolute atomic E-state index is 11.7. The molecule has 1 saturated heterocycles. The minimum Gasteiger partial charge on any atom is -0.454 e. The maximum Gasteiger partial charge on any atom is 0.321 e. The molecule has 2 N–H and O–H groups in total. The smallest absolute Gasteiger partial charge is 0.321 e. The summed E-state index contributed by atoms with van der Waals surface area (Å²) in [5, 5.41) is 4.65. The van der Waals surface area contributed by atoms with Crippen molar-refractivity contribution in [1.82, 2.24) is 20.4 Å². The minimum atomic E-state index is -0.471. The molecule has 1 aromatic carbocycles. The van der Waals surface area contributed by atoms with E-state index in [4.69, 9.17) is 9.47 Å². The van der Waals surface area contributed by atoms with Gasteiger partial charge in [0.1, 0.15) is 0 Å². The van der Waals surface area contributed by atoms with Gasteiger partial charge in [-0.05, 0) is 17.7 Å². The first-order valence-corrected chi connectivity index (χ1v) is 7.99. The molecule has 1 aromatic rings. The zero-order chi connectivity index (χ0) is 16.9. The molecule has 0 unspecified atom stereocenters. The van der Waals surface area contributed by atoms with E-state index in [-0.39, 0.29) is 19.2 Å². The normalized spacial score (nSPS) is 17.5. The van der Waals surface area contributed by atoms with E-state index >= 15 is 0 Å². The Morgan fingerprint density at radius 3 is 2.54 bits per heavy atom. The summed E-state index contributed by atoms with van der Waals surface area (Å²) in [6.45, 7) is 4.72. The highest BCUT2D eigenvalue weighted by Crippen LogP contribution is 2.32. The minimum absolute atomic E-state index is 0.241. The second-order valence-corrected chi connectivity index (χ2v) is 5.87. The number of carbonyl (C=O) groups is 2. The number of piperazine rings is 1. The monoisotopic (exact) mass is 334 g/mol. The number of hydrogen-bond donors (Lipinski definition) is 2. The first-order chi connectivity index (χ1) is 11.6. The lowest BCUT2D eigenvalue weighted by Gasteiger charge is -2.34. The number of rotatable bonds is 4.